The van der Waals surface area contributed by atoms with E-state index in [1.807, 2.05) is 12.4 Å². The number of nitrogens with zero attached hydrogens (tertiary/aromatic N) is 2. The van der Waals surface area contributed by atoms with Gasteiger partial charge in [0.05, 0.1) is 17.6 Å². The minimum absolute atomic E-state index is 0.801. The Hall–Kier alpha value is -1.51. The van der Waals surface area contributed by atoms with E-state index in [-0.39, 0.29) is 0 Å². The Balaban J connectivity index is 1.65. The van der Waals surface area contributed by atoms with Crippen molar-refractivity contribution in [2.45, 2.75) is 12.8 Å². The standard InChI is InChI=1S/C15H21N3/c1-18(2)15-5-6-16-10-14(15)17-9-13-8-11-3-4-12(13)7-11/h3-6,10-13,17H,7-9H2,1-2H3. The molecule has 1 heterocycles. The molecule has 0 aliphatic heterocycles. The molecule has 1 fully saturated rings. The average Bonchev–Trinajstić information content (AvgIpc) is 2.98. The van der Waals surface area contributed by atoms with Gasteiger partial charge in [-0.25, -0.2) is 0 Å². The van der Waals surface area contributed by atoms with E-state index in [9.17, 15) is 0 Å². The Bertz CT molecular complexity index is 453. The largest absolute Gasteiger partial charge is 0.382 e. The number of aromatic nitrogens is 1. The van der Waals surface area contributed by atoms with Gasteiger partial charge in [0.1, 0.15) is 0 Å². The molecule has 0 radical (unpaired) electrons. The van der Waals surface area contributed by atoms with Crippen LogP contribution in [-0.4, -0.2) is 25.6 Å². The third-order valence-corrected chi connectivity index (χ3v) is 4.25. The molecule has 1 aromatic rings. The molecule has 1 saturated carbocycles. The number of nitrogens with one attached hydrogen (secondary N) is 1. The second-order valence-corrected chi connectivity index (χ2v) is 5.71. The van der Waals surface area contributed by atoms with Gasteiger partial charge in [-0.2, -0.15) is 0 Å². The predicted octanol–water partition coefficient (Wildman–Crippen LogP) is 2.77. The number of anilines is 2. The summed E-state index contributed by atoms with van der Waals surface area (Å²) < 4.78 is 0. The molecule has 1 aromatic heterocycles. The zero-order valence-corrected chi connectivity index (χ0v) is 11.1. The minimum Gasteiger partial charge on any atom is -0.382 e. The molecular formula is C15H21N3. The summed E-state index contributed by atoms with van der Waals surface area (Å²) in [5, 5.41) is 3.58. The predicted molar refractivity (Wildman–Crippen MR) is 75.9 cm³/mol. The first-order valence-electron chi connectivity index (χ1n) is 6.77. The SMILES string of the molecule is CN(C)c1ccncc1NCC1CC2C=CC1C2. The molecule has 0 spiro atoms. The topological polar surface area (TPSA) is 28.2 Å². The summed E-state index contributed by atoms with van der Waals surface area (Å²) in [5.74, 6) is 2.46. The maximum absolute atomic E-state index is 4.22. The van der Waals surface area contributed by atoms with E-state index in [4.69, 9.17) is 0 Å². The first-order valence-corrected chi connectivity index (χ1v) is 6.77. The van der Waals surface area contributed by atoms with Crippen molar-refractivity contribution in [1.29, 1.82) is 0 Å². The Morgan fingerprint density at radius 3 is 2.89 bits per heavy atom. The first-order chi connectivity index (χ1) is 8.74. The van der Waals surface area contributed by atoms with E-state index < -0.39 is 0 Å². The third-order valence-electron chi connectivity index (χ3n) is 4.25. The van der Waals surface area contributed by atoms with Crippen LogP contribution in [0.15, 0.2) is 30.6 Å². The van der Waals surface area contributed by atoms with Gasteiger partial charge in [-0.3, -0.25) is 4.98 Å². The number of rotatable bonds is 4. The fourth-order valence-corrected chi connectivity index (χ4v) is 3.28. The minimum atomic E-state index is 0.801. The van der Waals surface area contributed by atoms with Gasteiger partial charge in [0.25, 0.3) is 0 Å². The molecular weight excluding hydrogens is 222 g/mol. The third kappa shape index (κ3) is 2.09. The van der Waals surface area contributed by atoms with E-state index in [2.05, 4.69) is 47.5 Å². The van der Waals surface area contributed by atoms with Crippen molar-refractivity contribution in [2.75, 3.05) is 30.9 Å². The van der Waals surface area contributed by atoms with Gasteiger partial charge in [-0.05, 0) is 36.7 Å². The lowest BCUT2D eigenvalue weighted by molar-refractivity contribution is 0.472. The van der Waals surface area contributed by atoms with E-state index in [0.717, 1.165) is 30.0 Å². The van der Waals surface area contributed by atoms with E-state index in [1.54, 1.807) is 0 Å². The lowest BCUT2D eigenvalue weighted by Gasteiger charge is -2.22. The van der Waals surface area contributed by atoms with Gasteiger partial charge in [0, 0.05) is 26.8 Å². The van der Waals surface area contributed by atoms with Crippen LogP contribution in [0.1, 0.15) is 12.8 Å². The smallest absolute Gasteiger partial charge is 0.0764 e. The number of allylic oxidation sites excluding steroid dienone is 2. The molecule has 1 N–H and O–H groups in total. The summed E-state index contributed by atoms with van der Waals surface area (Å²) >= 11 is 0. The maximum Gasteiger partial charge on any atom is 0.0764 e. The van der Waals surface area contributed by atoms with Gasteiger partial charge in [0.2, 0.25) is 0 Å². The van der Waals surface area contributed by atoms with Crippen LogP contribution in [0.2, 0.25) is 0 Å². The zero-order chi connectivity index (χ0) is 12.5. The van der Waals surface area contributed by atoms with Crippen LogP contribution in [0.25, 0.3) is 0 Å². The molecule has 2 bridgehead atoms. The summed E-state index contributed by atoms with van der Waals surface area (Å²) in [5.41, 5.74) is 2.36. The van der Waals surface area contributed by atoms with Crippen molar-refractivity contribution in [1.82, 2.24) is 4.98 Å². The Labute approximate surface area is 109 Å². The Morgan fingerprint density at radius 2 is 2.22 bits per heavy atom. The monoisotopic (exact) mass is 243 g/mol. The molecule has 3 rings (SSSR count). The van der Waals surface area contributed by atoms with Crippen molar-refractivity contribution in [3.8, 4) is 0 Å². The lowest BCUT2D eigenvalue weighted by atomic mass is 9.93. The molecule has 3 nitrogen and oxygen atoms in total. The van der Waals surface area contributed by atoms with Crippen LogP contribution in [0, 0.1) is 17.8 Å². The van der Waals surface area contributed by atoms with Crippen molar-refractivity contribution >= 4 is 11.4 Å². The van der Waals surface area contributed by atoms with Gasteiger partial charge in [-0.15, -0.1) is 0 Å². The van der Waals surface area contributed by atoms with Gasteiger partial charge in [0.15, 0.2) is 0 Å². The molecule has 0 amide bonds. The van der Waals surface area contributed by atoms with Crippen LogP contribution >= 0.6 is 0 Å². The summed E-state index contributed by atoms with van der Waals surface area (Å²) in [6, 6.07) is 2.06. The Morgan fingerprint density at radius 1 is 1.33 bits per heavy atom. The fraction of sp³-hybridized carbons (Fsp3) is 0.533. The molecule has 2 aliphatic rings. The highest BCUT2D eigenvalue weighted by Gasteiger charge is 2.35. The van der Waals surface area contributed by atoms with Crippen molar-refractivity contribution in [3.05, 3.63) is 30.6 Å². The summed E-state index contributed by atoms with van der Waals surface area (Å²) in [7, 11) is 4.14. The van der Waals surface area contributed by atoms with E-state index in [0.29, 0.717) is 0 Å². The molecule has 96 valence electrons. The molecule has 2 aliphatic carbocycles. The number of fused-ring (bicyclic) bond motifs is 2. The van der Waals surface area contributed by atoms with Crippen LogP contribution in [0.4, 0.5) is 11.4 Å². The maximum atomic E-state index is 4.22. The molecule has 3 unspecified atom stereocenters. The molecule has 18 heavy (non-hydrogen) atoms. The summed E-state index contributed by atoms with van der Waals surface area (Å²) in [6.07, 6.45) is 11.3. The number of hydrogen-bond donors (Lipinski definition) is 1. The second-order valence-electron chi connectivity index (χ2n) is 5.71. The molecule has 3 heteroatoms. The summed E-state index contributed by atoms with van der Waals surface area (Å²) in [4.78, 5) is 6.35. The number of hydrogen-bond acceptors (Lipinski definition) is 3. The highest BCUT2D eigenvalue weighted by Crippen LogP contribution is 2.43. The van der Waals surface area contributed by atoms with E-state index in [1.165, 1.54) is 18.5 Å². The quantitative estimate of drug-likeness (QED) is 0.824. The van der Waals surface area contributed by atoms with Gasteiger partial charge < -0.3 is 10.2 Å². The summed E-state index contributed by atoms with van der Waals surface area (Å²) in [6.45, 7) is 1.07. The lowest BCUT2D eigenvalue weighted by Crippen LogP contribution is -2.20. The highest BCUT2D eigenvalue weighted by atomic mass is 15.1. The normalized spacial score (nSPS) is 28.7. The average molecular weight is 243 g/mol. The van der Waals surface area contributed by atoms with Crippen molar-refractivity contribution < 1.29 is 0 Å². The Kier molecular flexibility index (Phi) is 2.98. The second kappa shape index (κ2) is 4.63. The van der Waals surface area contributed by atoms with Crippen LogP contribution < -0.4 is 10.2 Å². The molecule has 0 saturated heterocycles. The van der Waals surface area contributed by atoms with Crippen LogP contribution in [-0.2, 0) is 0 Å². The van der Waals surface area contributed by atoms with Crippen molar-refractivity contribution in [3.63, 3.8) is 0 Å². The number of pyridine rings is 1. The van der Waals surface area contributed by atoms with Gasteiger partial charge in [-0.1, -0.05) is 12.2 Å². The fourth-order valence-electron chi connectivity index (χ4n) is 3.28. The van der Waals surface area contributed by atoms with Crippen molar-refractivity contribution in [2.24, 2.45) is 17.8 Å². The highest BCUT2D eigenvalue weighted by molar-refractivity contribution is 5.68. The zero-order valence-electron chi connectivity index (χ0n) is 11.1. The first kappa shape index (κ1) is 11.6. The van der Waals surface area contributed by atoms with Gasteiger partial charge >= 0.3 is 0 Å². The van der Waals surface area contributed by atoms with Crippen LogP contribution in [0.5, 0.6) is 0 Å². The van der Waals surface area contributed by atoms with Crippen LogP contribution in [0.3, 0.4) is 0 Å². The molecule has 0 aromatic carbocycles. The molecule has 3 atom stereocenters. The van der Waals surface area contributed by atoms with E-state index >= 15 is 0 Å².